The summed E-state index contributed by atoms with van der Waals surface area (Å²) in [6.07, 6.45) is 3.47. The number of alkyl halides is 3. The lowest BCUT2D eigenvalue weighted by Crippen LogP contribution is -2.44. The van der Waals surface area contributed by atoms with Gasteiger partial charge in [0.05, 0.1) is 11.3 Å². The van der Waals surface area contributed by atoms with Crippen LogP contribution in [0.4, 0.5) is 24.8 Å². The first-order chi connectivity index (χ1) is 20.1. The number of hydrogen-bond donors (Lipinski definition) is 1. The van der Waals surface area contributed by atoms with Gasteiger partial charge in [-0.1, -0.05) is 6.42 Å². The Labute approximate surface area is 245 Å². The van der Waals surface area contributed by atoms with Gasteiger partial charge in [0, 0.05) is 49.5 Å². The highest BCUT2D eigenvalue weighted by molar-refractivity contribution is 5.94. The topological polar surface area (TPSA) is 81.7 Å². The first-order valence-electron chi connectivity index (χ1n) is 15.1. The lowest BCUT2D eigenvalue weighted by atomic mass is 9.88. The maximum Gasteiger partial charge on any atom is 0.419 e. The smallest absolute Gasteiger partial charge is 0.342 e. The van der Waals surface area contributed by atoms with E-state index in [0.717, 1.165) is 70.9 Å². The minimum absolute atomic E-state index is 0.0532. The number of amides is 2. The van der Waals surface area contributed by atoms with Crippen molar-refractivity contribution in [3.63, 3.8) is 0 Å². The SMILES string of the molecule is CN1CCC(N(C)C(=O)c2ccc(Nc3ncc(C(F)(F)F)c(C[C@@H]4CCC[C@@H]4C(=O)N4CCCCC4)n3)cc2)CC1. The zero-order valence-electron chi connectivity index (χ0n) is 24.5. The average molecular weight is 587 g/mol. The van der Waals surface area contributed by atoms with Gasteiger partial charge in [-0.15, -0.1) is 0 Å². The van der Waals surface area contributed by atoms with Crippen molar-refractivity contribution in [3.05, 3.63) is 47.3 Å². The number of rotatable bonds is 7. The largest absolute Gasteiger partial charge is 0.419 e. The Kier molecular flexibility index (Phi) is 9.35. The van der Waals surface area contributed by atoms with Crippen LogP contribution in [0.3, 0.4) is 0 Å². The van der Waals surface area contributed by atoms with E-state index >= 15 is 0 Å². The molecule has 1 saturated carbocycles. The van der Waals surface area contributed by atoms with Gasteiger partial charge in [0.25, 0.3) is 5.91 Å². The number of nitrogens with zero attached hydrogens (tertiary/aromatic N) is 5. The van der Waals surface area contributed by atoms with Gasteiger partial charge in [-0.3, -0.25) is 9.59 Å². The molecule has 1 aromatic carbocycles. The van der Waals surface area contributed by atoms with E-state index < -0.39 is 11.7 Å². The van der Waals surface area contributed by atoms with Crippen LogP contribution >= 0.6 is 0 Å². The number of carbonyl (C=O) groups excluding carboxylic acids is 2. The van der Waals surface area contributed by atoms with E-state index in [1.165, 1.54) is 0 Å². The molecule has 5 rings (SSSR count). The standard InChI is InChI=1S/C31H41F3N6O2/c1-38-17-13-24(14-18-38)39(2)28(41)21-9-11-23(12-10-21)36-30-35-20-26(31(32,33)34)27(37-30)19-22-7-6-8-25(22)29(42)40-15-4-3-5-16-40/h9-12,20,22,24-25H,3-8,13-19H2,1-2H3,(H,35,36,37)/t22-,25-/m0/s1. The number of halogens is 3. The molecule has 0 bridgehead atoms. The van der Waals surface area contributed by atoms with E-state index in [1.54, 1.807) is 29.2 Å². The molecule has 1 aromatic heterocycles. The number of aromatic nitrogens is 2. The first kappa shape index (κ1) is 30.3. The van der Waals surface area contributed by atoms with Crippen molar-refractivity contribution in [2.75, 3.05) is 45.6 Å². The summed E-state index contributed by atoms with van der Waals surface area (Å²) in [5.74, 6) is -0.385. The van der Waals surface area contributed by atoms with Gasteiger partial charge in [0.1, 0.15) is 0 Å². The lowest BCUT2D eigenvalue weighted by molar-refractivity contribution is -0.138. The fraction of sp³-hybridized carbons (Fsp3) is 0.613. The number of piperidine rings is 2. The number of carbonyl (C=O) groups is 2. The third kappa shape index (κ3) is 7.04. The molecule has 2 saturated heterocycles. The van der Waals surface area contributed by atoms with Crippen LogP contribution in [0.25, 0.3) is 0 Å². The number of nitrogens with one attached hydrogen (secondary N) is 1. The molecule has 8 nitrogen and oxygen atoms in total. The molecule has 3 fully saturated rings. The molecule has 1 aliphatic carbocycles. The first-order valence-corrected chi connectivity index (χ1v) is 15.1. The normalized spacial score (nSPS) is 22.3. The molecular weight excluding hydrogens is 545 g/mol. The predicted molar refractivity (Wildman–Crippen MR) is 154 cm³/mol. The van der Waals surface area contributed by atoms with Gasteiger partial charge in [0.2, 0.25) is 11.9 Å². The average Bonchev–Trinajstić information content (AvgIpc) is 3.45. The maximum absolute atomic E-state index is 14.0. The minimum atomic E-state index is -4.60. The molecular formula is C31H41F3N6O2. The third-order valence-corrected chi connectivity index (χ3v) is 9.22. The fourth-order valence-electron chi connectivity index (χ4n) is 6.65. The van der Waals surface area contributed by atoms with E-state index in [1.807, 2.05) is 11.9 Å². The molecule has 228 valence electrons. The molecule has 0 unspecified atom stereocenters. The van der Waals surface area contributed by atoms with Gasteiger partial charge in [0.15, 0.2) is 0 Å². The Morgan fingerprint density at radius 2 is 1.67 bits per heavy atom. The highest BCUT2D eigenvalue weighted by atomic mass is 19.4. The summed E-state index contributed by atoms with van der Waals surface area (Å²) in [5, 5.41) is 3.00. The summed E-state index contributed by atoms with van der Waals surface area (Å²) in [7, 11) is 3.91. The van der Waals surface area contributed by atoms with Crippen molar-refractivity contribution in [1.29, 1.82) is 0 Å². The molecule has 0 radical (unpaired) electrons. The van der Waals surface area contributed by atoms with Gasteiger partial charge < -0.3 is 20.0 Å². The Balaban J connectivity index is 1.28. The Hall–Kier alpha value is -3.21. The van der Waals surface area contributed by atoms with Crippen LogP contribution in [0.5, 0.6) is 0 Å². The summed E-state index contributed by atoms with van der Waals surface area (Å²) < 4.78 is 41.9. The van der Waals surface area contributed by atoms with Gasteiger partial charge >= 0.3 is 6.18 Å². The molecule has 11 heteroatoms. The quantitative estimate of drug-likeness (QED) is 0.470. The van der Waals surface area contributed by atoms with E-state index in [2.05, 4.69) is 27.2 Å². The number of hydrogen-bond acceptors (Lipinski definition) is 6. The molecule has 3 heterocycles. The van der Waals surface area contributed by atoms with Gasteiger partial charge in [-0.25, -0.2) is 9.97 Å². The Morgan fingerprint density at radius 3 is 2.33 bits per heavy atom. The van der Waals surface area contributed by atoms with E-state index in [0.29, 0.717) is 24.1 Å². The third-order valence-electron chi connectivity index (χ3n) is 9.22. The summed E-state index contributed by atoms with van der Waals surface area (Å²) in [6.45, 7) is 3.37. The molecule has 2 atom stereocenters. The molecule has 0 spiro atoms. The van der Waals surface area contributed by atoms with Crippen molar-refractivity contribution in [3.8, 4) is 0 Å². The van der Waals surface area contributed by atoms with Crippen molar-refractivity contribution >= 4 is 23.5 Å². The second-order valence-corrected chi connectivity index (χ2v) is 12.1. The second-order valence-electron chi connectivity index (χ2n) is 12.1. The van der Waals surface area contributed by atoms with Crippen LogP contribution in [0.1, 0.15) is 73.0 Å². The molecule has 2 aliphatic heterocycles. The van der Waals surface area contributed by atoms with E-state index in [9.17, 15) is 22.8 Å². The summed E-state index contributed by atoms with van der Waals surface area (Å²) >= 11 is 0. The minimum Gasteiger partial charge on any atom is -0.342 e. The van der Waals surface area contributed by atoms with Crippen molar-refractivity contribution < 1.29 is 22.8 Å². The predicted octanol–water partition coefficient (Wildman–Crippen LogP) is 5.38. The highest BCUT2D eigenvalue weighted by Gasteiger charge is 2.40. The fourth-order valence-corrected chi connectivity index (χ4v) is 6.65. The summed E-state index contributed by atoms with van der Waals surface area (Å²) in [5.41, 5.74) is 0.164. The Bertz CT molecular complexity index is 1240. The van der Waals surface area contributed by atoms with Crippen molar-refractivity contribution in [2.45, 2.75) is 70.0 Å². The number of likely N-dealkylation sites (tertiary alicyclic amines) is 2. The monoisotopic (exact) mass is 586 g/mol. The molecule has 2 amide bonds. The summed E-state index contributed by atoms with van der Waals surface area (Å²) in [6, 6.07) is 7.02. The summed E-state index contributed by atoms with van der Waals surface area (Å²) in [4.78, 5) is 40.5. The van der Waals surface area contributed by atoms with Crippen molar-refractivity contribution in [1.82, 2.24) is 24.7 Å². The molecule has 2 aromatic rings. The van der Waals surface area contributed by atoms with E-state index in [4.69, 9.17) is 0 Å². The van der Waals surface area contributed by atoms with Crippen LogP contribution in [-0.2, 0) is 17.4 Å². The second kappa shape index (κ2) is 13.0. The van der Waals surface area contributed by atoms with Crippen LogP contribution in [0, 0.1) is 11.8 Å². The number of benzene rings is 1. The molecule has 42 heavy (non-hydrogen) atoms. The van der Waals surface area contributed by atoms with E-state index in [-0.39, 0.29) is 47.8 Å². The maximum atomic E-state index is 14.0. The van der Waals surface area contributed by atoms with Crippen molar-refractivity contribution in [2.24, 2.45) is 11.8 Å². The Morgan fingerprint density at radius 1 is 0.976 bits per heavy atom. The molecule has 3 aliphatic rings. The van der Waals surface area contributed by atoms with Crippen LogP contribution in [-0.4, -0.2) is 82.8 Å². The van der Waals surface area contributed by atoms with Gasteiger partial charge in [-0.05, 0) is 102 Å². The highest BCUT2D eigenvalue weighted by Crippen LogP contribution is 2.39. The molecule has 1 N–H and O–H groups in total. The van der Waals surface area contributed by atoms with Crippen LogP contribution in [0.15, 0.2) is 30.5 Å². The zero-order valence-corrected chi connectivity index (χ0v) is 24.5. The lowest BCUT2D eigenvalue weighted by Gasteiger charge is -2.35. The zero-order chi connectivity index (χ0) is 29.9. The van der Waals surface area contributed by atoms with Crippen LogP contribution in [0.2, 0.25) is 0 Å². The van der Waals surface area contributed by atoms with Gasteiger partial charge in [-0.2, -0.15) is 13.2 Å². The number of anilines is 2. The van der Waals surface area contributed by atoms with Crippen LogP contribution < -0.4 is 5.32 Å².